The van der Waals surface area contributed by atoms with E-state index in [1.54, 1.807) is 0 Å². The van der Waals surface area contributed by atoms with Gasteiger partial charge in [0.2, 0.25) is 0 Å². The molecule has 0 amide bonds. The van der Waals surface area contributed by atoms with E-state index in [9.17, 15) is 0 Å². The van der Waals surface area contributed by atoms with Gasteiger partial charge in [0, 0.05) is 38.8 Å². The van der Waals surface area contributed by atoms with Crippen LogP contribution in [0.4, 0.5) is 5.69 Å². The molecule has 0 saturated carbocycles. The van der Waals surface area contributed by atoms with Crippen molar-refractivity contribution in [2.75, 3.05) is 5.32 Å². The second-order valence-electron chi connectivity index (χ2n) is 4.23. The Bertz CT molecular complexity index is 570. The molecule has 1 aromatic carbocycles. The maximum absolute atomic E-state index is 4.45. The molecule has 2 aromatic rings. The van der Waals surface area contributed by atoms with E-state index in [-0.39, 0.29) is 0 Å². The lowest BCUT2D eigenvalue weighted by atomic mass is 10.2. The Morgan fingerprint density at radius 1 is 1.21 bits per heavy atom. The summed E-state index contributed by atoms with van der Waals surface area (Å²) >= 11 is 10.6. The second-order valence-corrected chi connectivity index (χ2v) is 6.85. The Labute approximate surface area is 138 Å². The first kappa shape index (κ1) is 15.1. The van der Waals surface area contributed by atoms with Crippen molar-refractivity contribution in [2.45, 2.75) is 19.9 Å². The SMILES string of the molecule is CCc1nn(C)cc1CNc1c(Br)cc(Br)cc1Br. The number of benzene rings is 1. The van der Waals surface area contributed by atoms with Crippen molar-refractivity contribution in [3.8, 4) is 0 Å². The molecule has 0 fully saturated rings. The molecule has 1 heterocycles. The summed E-state index contributed by atoms with van der Waals surface area (Å²) in [4.78, 5) is 0. The Hall–Kier alpha value is -0.330. The Balaban J connectivity index is 2.19. The molecule has 0 spiro atoms. The fourth-order valence-corrected chi connectivity index (χ4v) is 4.46. The van der Waals surface area contributed by atoms with Crippen LogP contribution in [0.15, 0.2) is 31.7 Å². The van der Waals surface area contributed by atoms with E-state index in [4.69, 9.17) is 0 Å². The minimum absolute atomic E-state index is 0.760. The zero-order valence-corrected chi connectivity index (χ0v) is 15.4. The molecule has 0 radical (unpaired) electrons. The predicted molar refractivity (Wildman–Crippen MR) is 89.5 cm³/mol. The van der Waals surface area contributed by atoms with Gasteiger partial charge in [-0.05, 0) is 50.4 Å². The predicted octanol–water partition coefficient (Wildman–Crippen LogP) is 4.88. The van der Waals surface area contributed by atoms with Crippen LogP contribution in [0.3, 0.4) is 0 Å². The Morgan fingerprint density at radius 3 is 2.42 bits per heavy atom. The summed E-state index contributed by atoms with van der Waals surface area (Å²) in [7, 11) is 1.95. The molecule has 102 valence electrons. The van der Waals surface area contributed by atoms with Gasteiger partial charge in [0.1, 0.15) is 0 Å². The lowest BCUT2D eigenvalue weighted by molar-refractivity contribution is 0.746. The van der Waals surface area contributed by atoms with E-state index in [2.05, 4.69) is 71.3 Å². The molecule has 0 atom stereocenters. The van der Waals surface area contributed by atoms with Crippen molar-refractivity contribution < 1.29 is 0 Å². The van der Waals surface area contributed by atoms with E-state index in [1.165, 1.54) is 5.56 Å². The van der Waals surface area contributed by atoms with E-state index in [1.807, 2.05) is 23.9 Å². The third-order valence-electron chi connectivity index (χ3n) is 2.79. The molecule has 6 heteroatoms. The van der Waals surface area contributed by atoms with Gasteiger partial charge >= 0.3 is 0 Å². The highest BCUT2D eigenvalue weighted by atomic mass is 79.9. The molecular formula is C13H14Br3N3. The average molecular weight is 452 g/mol. The van der Waals surface area contributed by atoms with Crippen LogP contribution in [-0.4, -0.2) is 9.78 Å². The average Bonchev–Trinajstić information content (AvgIpc) is 2.68. The van der Waals surface area contributed by atoms with Gasteiger partial charge in [-0.3, -0.25) is 4.68 Å². The van der Waals surface area contributed by atoms with Crippen LogP contribution >= 0.6 is 47.8 Å². The van der Waals surface area contributed by atoms with E-state index < -0.39 is 0 Å². The van der Waals surface area contributed by atoms with Gasteiger partial charge in [0.15, 0.2) is 0 Å². The molecule has 0 unspecified atom stereocenters. The number of hydrogen-bond acceptors (Lipinski definition) is 2. The van der Waals surface area contributed by atoms with E-state index in [0.717, 1.165) is 37.8 Å². The Kier molecular flexibility index (Phi) is 5.09. The molecule has 1 N–H and O–H groups in total. The number of nitrogens with one attached hydrogen (secondary N) is 1. The van der Waals surface area contributed by atoms with Gasteiger partial charge in [0.25, 0.3) is 0 Å². The van der Waals surface area contributed by atoms with Crippen molar-refractivity contribution >= 4 is 53.5 Å². The summed E-state index contributed by atoms with van der Waals surface area (Å²) in [6, 6.07) is 4.05. The number of aromatic nitrogens is 2. The molecular weight excluding hydrogens is 438 g/mol. The third kappa shape index (κ3) is 3.61. The lowest BCUT2D eigenvalue weighted by Gasteiger charge is -2.11. The van der Waals surface area contributed by atoms with Crippen LogP contribution < -0.4 is 5.32 Å². The number of anilines is 1. The number of halogens is 3. The number of hydrogen-bond donors (Lipinski definition) is 1. The van der Waals surface area contributed by atoms with Crippen LogP contribution in [0.2, 0.25) is 0 Å². The molecule has 19 heavy (non-hydrogen) atoms. The fourth-order valence-electron chi connectivity index (χ4n) is 1.92. The number of aryl methyl sites for hydroxylation is 2. The second kappa shape index (κ2) is 6.41. The molecule has 0 bridgehead atoms. The van der Waals surface area contributed by atoms with Gasteiger partial charge in [-0.2, -0.15) is 5.10 Å². The minimum atomic E-state index is 0.760. The smallest absolute Gasteiger partial charge is 0.0671 e. The summed E-state index contributed by atoms with van der Waals surface area (Å²) < 4.78 is 4.94. The van der Waals surface area contributed by atoms with Crippen LogP contribution in [0.25, 0.3) is 0 Å². The molecule has 0 aliphatic rings. The normalized spacial score (nSPS) is 10.8. The first-order valence-electron chi connectivity index (χ1n) is 5.91. The minimum Gasteiger partial charge on any atom is -0.379 e. The highest BCUT2D eigenvalue weighted by molar-refractivity contribution is 9.11. The highest BCUT2D eigenvalue weighted by Crippen LogP contribution is 2.34. The quantitative estimate of drug-likeness (QED) is 0.717. The van der Waals surface area contributed by atoms with Gasteiger partial charge in [-0.15, -0.1) is 0 Å². The largest absolute Gasteiger partial charge is 0.379 e. The van der Waals surface area contributed by atoms with Gasteiger partial charge in [0.05, 0.1) is 11.4 Å². The van der Waals surface area contributed by atoms with Crippen LogP contribution in [-0.2, 0) is 20.0 Å². The van der Waals surface area contributed by atoms with Gasteiger partial charge < -0.3 is 5.32 Å². The first-order valence-corrected chi connectivity index (χ1v) is 8.29. The van der Waals surface area contributed by atoms with Crippen molar-refractivity contribution in [2.24, 2.45) is 7.05 Å². The summed E-state index contributed by atoms with van der Waals surface area (Å²) in [5.41, 5.74) is 3.42. The zero-order valence-electron chi connectivity index (χ0n) is 10.7. The summed E-state index contributed by atoms with van der Waals surface area (Å²) in [5.74, 6) is 0. The molecule has 1 aromatic heterocycles. The molecule has 3 nitrogen and oxygen atoms in total. The van der Waals surface area contributed by atoms with Crippen molar-refractivity contribution in [1.82, 2.24) is 9.78 Å². The molecule has 0 saturated heterocycles. The van der Waals surface area contributed by atoms with Crippen LogP contribution in [0.1, 0.15) is 18.2 Å². The van der Waals surface area contributed by atoms with Gasteiger partial charge in [-0.25, -0.2) is 0 Å². The molecule has 0 aliphatic heterocycles. The van der Waals surface area contributed by atoms with E-state index >= 15 is 0 Å². The lowest BCUT2D eigenvalue weighted by Crippen LogP contribution is -2.02. The first-order chi connectivity index (χ1) is 9.01. The highest BCUT2D eigenvalue weighted by Gasteiger charge is 2.09. The van der Waals surface area contributed by atoms with Crippen molar-refractivity contribution in [1.29, 1.82) is 0 Å². The maximum Gasteiger partial charge on any atom is 0.0671 e. The monoisotopic (exact) mass is 449 g/mol. The summed E-state index contributed by atoms with van der Waals surface area (Å²) in [6.07, 6.45) is 3.01. The Morgan fingerprint density at radius 2 is 1.84 bits per heavy atom. The zero-order chi connectivity index (χ0) is 14.0. The van der Waals surface area contributed by atoms with Crippen molar-refractivity contribution in [3.63, 3.8) is 0 Å². The maximum atomic E-state index is 4.45. The molecule has 2 rings (SSSR count). The van der Waals surface area contributed by atoms with Crippen LogP contribution in [0.5, 0.6) is 0 Å². The van der Waals surface area contributed by atoms with Crippen molar-refractivity contribution in [3.05, 3.63) is 43.0 Å². The van der Waals surface area contributed by atoms with Gasteiger partial charge in [-0.1, -0.05) is 22.9 Å². The van der Waals surface area contributed by atoms with Crippen LogP contribution in [0, 0.1) is 0 Å². The standard InChI is InChI=1S/C13H14Br3N3/c1-3-12-8(7-19(2)18-12)6-17-13-10(15)4-9(14)5-11(13)16/h4-5,7,17H,3,6H2,1-2H3. The number of rotatable bonds is 4. The third-order valence-corrected chi connectivity index (χ3v) is 4.50. The van der Waals surface area contributed by atoms with E-state index in [0.29, 0.717) is 0 Å². The summed E-state index contributed by atoms with van der Waals surface area (Å²) in [5, 5.41) is 7.89. The number of nitrogens with zero attached hydrogens (tertiary/aromatic N) is 2. The topological polar surface area (TPSA) is 29.9 Å². The molecule has 0 aliphatic carbocycles. The fraction of sp³-hybridized carbons (Fsp3) is 0.308. The summed E-state index contributed by atoms with van der Waals surface area (Å²) in [6.45, 7) is 2.88.